The summed E-state index contributed by atoms with van der Waals surface area (Å²) in [5, 5.41) is 0. The first-order valence-electron chi connectivity index (χ1n) is 7.08. The van der Waals surface area contributed by atoms with Crippen molar-refractivity contribution in [2.45, 2.75) is 19.9 Å². The van der Waals surface area contributed by atoms with Crippen molar-refractivity contribution in [3.8, 4) is 0 Å². The van der Waals surface area contributed by atoms with Gasteiger partial charge < -0.3 is 9.32 Å². The number of hydrogen-bond acceptors (Lipinski definition) is 3. The number of rotatable bonds is 5. The van der Waals surface area contributed by atoms with Crippen molar-refractivity contribution >= 4 is 17.8 Å². The molecule has 0 N–H and O–H groups in total. The van der Waals surface area contributed by atoms with Gasteiger partial charge in [0.1, 0.15) is 5.76 Å². The first-order valence-corrected chi connectivity index (χ1v) is 7.08. The Morgan fingerprint density at radius 2 is 1.86 bits per heavy atom. The predicted molar refractivity (Wildman–Crippen MR) is 85.5 cm³/mol. The quantitative estimate of drug-likeness (QED) is 0.628. The summed E-state index contributed by atoms with van der Waals surface area (Å²) < 4.78 is 5.13. The first kappa shape index (κ1) is 15.8. The number of Topliss-reactive ketones (excluding diaryl/α,β-unsaturated/α-hetero) is 1. The molecule has 0 aliphatic carbocycles. The Kier molecular flexibility index (Phi) is 4.94. The molecule has 4 heteroatoms. The van der Waals surface area contributed by atoms with Gasteiger partial charge in [0.05, 0.1) is 12.3 Å². The van der Waals surface area contributed by atoms with Gasteiger partial charge in [0.2, 0.25) is 5.91 Å². The summed E-state index contributed by atoms with van der Waals surface area (Å²) in [4.78, 5) is 25.9. The number of likely N-dealkylation sites (N-methyl/N-ethyl adjacent to an activating group) is 1. The van der Waals surface area contributed by atoms with E-state index in [-0.39, 0.29) is 11.7 Å². The number of aryl methyl sites for hydroxylation is 1. The number of ketones is 1. The molecule has 0 saturated heterocycles. The highest BCUT2D eigenvalue weighted by Gasteiger charge is 2.22. The molecule has 1 atom stereocenters. The minimum absolute atomic E-state index is 0.0813. The molecule has 4 nitrogen and oxygen atoms in total. The molecule has 1 aromatic carbocycles. The molecular formula is C18H19NO3. The number of nitrogens with zero attached hydrogens (tertiary/aromatic N) is 1. The second-order valence-corrected chi connectivity index (χ2v) is 5.20. The maximum atomic E-state index is 12.4. The molecule has 0 aliphatic rings. The second kappa shape index (κ2) is 6.89. The molecule has 1 unspecified atom stereocenters. The molecule has 0 bridgehead atoms. The lowest BCUT2D eigenvalue weighted by Gasteiger charge is -2.22. The van der Waals surface area contributed by atoms with E-state index in [0.29, 0.717) is 11.3 Å². The Hall–Kier alpha value is -2.62. The Bertz CT molecular complexity index is 669. The highest BCUT2D eigenvalue weighted by Crippen LogP contribution is 2.11. The molecule has 2 aromatic rings. The van der Waals surface area contributed by atoms with Crippen molar-refractivity contribution < 1.29 is 14.0 Å². The molecule has 0 spiro atoms. The number of carbonyl (C=O) groups is 2. The lowest BCUT2D eigenvalue weighted by molar-refractivity contribution is -0.125. The van der Waals surface area contributed by atoms with Crippen LogP contribution in [0, 0.1) is 6.92 Å². The average Bonchev–Trinajstić information content (AvgIpc) is 3.04. The van der Waals surface area contributed by atoms with Gasteiger partial charge in [-0.05, 0) is 32.1 Å². The van der Waals surface area contributed by atoms with E-state index < -0.39 is 6.04 Å². The number of amides is 1. The van der Waals surface area contributed by atoms with Crippen molar-refractivity contribution in [2.75, 3.05) is 7.05 Å². The zero-order valence-corrected chi connectivity index (χ0v) is 12.9. The van der Waals surface area contributed by atoms with Crippen LogP contribution in [0.25, 0.3) is 6.08 Å². The molecule has 1 aromatic heterocycles. The SMILES string of the molecule is Cc1ccc(C(=O)C(C)N(C)C(=O)/C=C/c2ccco2)cc1. The highest BCUT2D eigenvalue weighted by atomic mass is 16.3. The molecule has 2 rings (SSSR count). The molecule has 0 aliphatic heterocycles. The fourth-order valence-electron chi connectivity index (χ4n) is 1.98. The van der Waals surface area contributed by atoms with Gasteiger partial charge >= 0.3 is 0 Å². The highest BCUT2D eigenvalue weighted by molar-refractivity contribution is 6.03. The molecule has 1 heterocycles. The van der Waals surface area contributed by atoms with Crippen LogP contribution in [0.5, 0.6) is 0 Å². The van der Waals surface area contributed by atoms with E-state index in [1.165, 1.54) is 17.2 Å². The Morgan fingerprint density at radius 1 is 1.18 bits per heavy atom. The van der Waals surface area contributed by atoms with Gasteiger partial charge in [0, 0.05) is 18.7 Å². The van der Waals surface area contributed by atoms with E-state index in [1.807, 2.05) is 19.1 Å². The summed E-state index contributed by atoms with van der Waals surface area (Å²) >= 11 is 0. The second-order valence-electron chi connectivity index (χ2n) is 5.20. The summed E-state index contributed by atoms with van der Waals surface area (Å²) in [7, 11) is 1.62. The third kappa shape index (κ3) is 3.73. The van der Waals surface area contributed by atoms with Gasteiger partial charge in [-0.1, -0.05) is 29.8 Å². The molecule has 0 radical (unpaired) electrons. The zero-order chi connectivity index (χ0) is 16.1. The van der Waals surface area contributed by atoms with Crippen molar-refractivity contribution in [1.29, 1.82) is 0 Å². The fraction of sp³-hybridized carbons (Fsp3) is 0.222. The van der Waals surface area contributed by atoms with E-state index in [2.05, 4.69) is 0 Å². The van der Waals surface area contributed by atoms with Gasteiger partial charge in [-0.15, -0.1) is 0 Å². The zero-order valence-electron chi connectivity index (χ0n) is 12.9. The van der Waals surface area contributed by atoms with E-state index in [1.54, 1.807) is 44.3 Å². The summed E-state index contributed by atoms with van der Waals surface area (Å²) in [6, 6.07) is 10.3. The predicted octanol–water partition coefficient (Wildman–Crippen LogP) is 3.33. The molecule has 22 heavy (non-hydrogen) atoms. The van der Waals surface area contributed by atoms with Crippen LogP contribution in [0.3, 0.4) is 0 Å². The topological polar surface area (TPSA) is 50.5 Å². The van der Waals surface area contributed by atoms with Crippen LogP contribution in [0.4, 0.5) is 0 Å². The van der Waals surface area contributed by atoms with Crippen LogP contribution in [0.1, 0.15) is 28.6 Å². The van der Waals surface area contributed by atoms with Crippen LogP contribution in [-0.4, -0.2) is 29.7 Å². The normalized spacial score (nSPS) is 12.3. The molecule has 0 saturated carbocycles. The number of benzene rings is 1. The molecule has 0 fully saturated rings. The number of hydrogen-bond donors (Lipinski definition) is 0. The van der Waals surface area contributed by atoms with Crippen LogP contribution in [-0.2, 0) is 4.79 Å². The number of carbonyl (C=O) groups excluding carboxylic acids is 2. The van der Waals surface area contributed by atoms with Crippen molar-refractivity contribution in [2.24, 2.45) is 0 Å². The van der Waals surface area contributed by atoms with Gasteiger partial charge in [-0.25, -0.2) is 0 Å². The average molecular weight is 297 g/mol. The van der Waals surface area contributed by atoms with Gasteiger partial charge in [0.15, 0.2) is 5.78 Å². The van der Waals surface area contributed by atoms with Crippen LogP contribution in [0.2, 0.25) is 0 Å². The van der Waals surface area contributed by atoms with Gasteiger partial charge in [0.25, 0.3) is 0 Å². The third-order valence-electron chi connectivity index (χ3n) is 3.58. The van der Waals surface area contributed by atoms with Crippen LogP contribution in [0.15, 0.2) is 53.2 Å². The third-order valence-corrected chi connectivity index (χ3v) is 3.58. The van der Waals surface area contributed by atoms with Crippen LogP contribution < -0.4 is 0 Å². The first-order chi connectivity index (χ1) is 10.5. The Labute approximate surface area is 130 Å². The molecule has 1 amide bonds. The monoisotopic (exact) mass is 297 g/mol. The summed E-state index contributed by atoms with van der Waals surface area (Å²) in [6.45, 7) is 3.69. The Morgan fingerprint density at radius 3 is 2.45 bits per heavy atom. The van der Waals surface area contributed by atoms with E-state index >= 15 is 0 Å². The van der Waals surface area contributed by atoms with E-state index in [9.17, 15) is 9.59 Å². The fourth-order valence-corrected chi connectivity index (χ4v) is 1.98. The lowest BCUT2D eigenvalue weighted by atomic mass is 10.0. The van der Waals surface area contributed by atoms with E-state index in [0.717, 1.165) is 5.56 Å². The van der Waals surface area contributed by atoms with E-state index in [4.69, 9.17) is 4.42 Å². The molecule has 114 valence electrons. The Balaban J connectivity index is 2.04. The lowest BCUT2D eigenvalue weighted by Crippen LogP contribution is -2.39. The maximum Gasteiger partial charge on any atom is 0.247 e. The van der Waals surface area contributed by atoms with Crippen molar-refractivity contribution in [1.82, 2.24) is 4.90 Å². The molecular weight excluding hydrogens is 278 g/mol. The van der Waals surface area contributed by atoms with Gasteiger partial charge in [-0.2, -0.15) is 0 Å². The number of furan rings is 1. The summed E-state index contributed by atoms with van der Waals surface area (Å²) in [5.41, 5.74) is 1.70. The largest absolute Gasteiger partial charge is 0.465 e. The van der Waals surface area contributed by atoms with Crippen molar-refractivity contribution in [3.05, 3.63) is 65.6 Å². The summed E-state index contributed by atoms with van der Waals surface area (Å²) in [5.74, 6) is 0.269. The van der Waals surface area contributed by atoms with Crippen LogP contribution >= 0.6 is 0 Å². The standard InChI is InChI=1S/C18H19NO3/c1-13-6-8-15(9-7-13)18(21)14(2)19(3)17(20)11-10-16-5-4-12-22-16/h4-12,14H,1-3H3/b11-10+. The van der Waals surface area contributed by atoms with Crippen molar-refractivity contribution in [3.63, 3.8) is 0 Å². The smallest absolute Gasteiger partial charge is 0.247 e. The van der Waals surface area contributed by atoms with Gasteiger partial charge in [-0.3, -0.25) is 9.59 Å². The summed E-state index contributed by atoms with van der Waals surface area (Å²) in [6.07, 6.45) is 4.52. The minimum atomic E-state index is -0.531. The maximum absolute atomic E-state index is 12.4. The minimum Gasteiger partial charge on any atom is -0.465 e.